The number of unbranched alkanes of at least 4 members (excludes halogenated alkanes) is 7. The minimum atomic E-state index is -0.0955. The Labute approximate surface area is 220 Å². The minimum Gasteiger partial charge on any atom is -0.302 e. The number of likely N-dealkylation sites (N-methyl/N-ethyl adjacent to an activating group) is 1. The van der Waals surface area contributed by atoms with Crippen molar-refractivity contribution in [1.29, 1.82) is 0 Å². The Morgan fingerprint density at radius 1 is 0.886 bits per heavy atom. The molecule has 5 heteroatoms. The van der Waals surface area contributed by atoms with Crippen molar-refractivity contribution in [3.05, 3.63) is 29.3 Å². The van der Waals surface area contributed by atoms with E-state index in [1.54, 1.807) is 0 Å². The van der Waals surface area contributed by atoms with Crippen molar-refractivity contribution in [2.45, 2.75) is 128 Å². The lowest BCUT2D eigenvalue weighted by Gasteiger charge is -2.30. The van der Waals surface area contributed by atoms with Gasteiger partial charge in [0.15, 0.2) is 0 Å². The lowest BCUT2D eigenvalue weighted by molar-refractivity contribution is -0.112. The van der Waals surface area contributed by atoms with E-state index in [9.17, 15) is 9.59 Å². The molecule has 1 aromatic carbocycles. The molecular formula is C30H52N2O2S. The minimum absolute atomic E-state index is 0.0955. The Hall–Kier alpha value is -1.17. The van der Waals surface area contributed by atoms with Crippen LogP contribution in [-0.2, 0) is 11.3 Å². The highest BCUT2D eigenvalue weighted by molar-refractivity contribution is 7.99. The van der Waals surface area contributed by atoms with Crippen LogP contribution in [0.1, 0.15) is 115 Å². The summed E-state index contributed by atoms with van der Waals surface area (Å²) in [4.78, 5) is 29.0. The first-order valence-electron chi connectivity index (χ1n) is 14.0. The van der Waals surface area contributed by atoms with Crippen molar-refractivity contribution in [2.24, 2.45) is 0 Å². The molecule has 0 bridgehead atoms. The third-order valence-corrected chi connectivity index (χ3v) is 8.09. The first-order valence-corrected chi connectivity index (χ1v) is 14.9. The molecular weight excluding hydrogens is 452 g/mol. The van der Waals surface area contributed by atoms with E-state index in [1.165, 1.54) is 62.8 Å². The number of rotatable bonds is 21. The maximum absolute atomic E-state index is 11.7. The summed E-state index contributed by atoms with van der Waals surface area (Å²) in [6, 6.07) is 7.16. The Morgan fingerprint density at radius 3 is 2.03 bits per heavy atom. The largest absolute Gasteiger partial charge is 0.302 e. The van der Waals surface area contributed by atoms with Crippen molar-refractivity contribution in [1.82, 2.24) is 9.80 Å². The molecule has 0 radical (unpaired) electrons. The molecule has 0 N–H and O–H groups in total. The third kappa shape index (κ3) is 12.6. The van der Waals surface area contributed by atoms with Crippen molar-refractivity contribution in [3.63, 3.8) is 0 Å². The van der Waals surface area contributed by atoms with Gasteiger partial charge >= 0.3 is 0 Å². The topological polar surface area (TPSA) is 40.6 Å². The number of nitrogens with zero attached hydrogens (tertiary/aromatic N) is 2. The van der Waals surface area contributed by atoms with Crippen LogP contribution in [-0.4, -0.2) is 59.8 Å². The van der Waals surface area contributed by atoms with Crippen LogP contribution in [0.3, 0.4) is 0 Å². The summed E-state index contributed by atoms with van der Waals surface area (Å²) in [6.45, 7) is 13.1. The average Bonchev–Trinajstić information content (AvgIpc) is 2.83. The van der Waals surface area contributed by atoms with Crippen molar-refractivity contribution < 1.29 is 9.59 Å². The number of benzene rings is 1. The van der Waals surface area contributed by atoms with Gasteiger partial charge in [-0.1, -0.05) is 64.0 Å². The lowest BCUT2D eigenvalue weighted by atomic mass is 10.1. The molecule has 1 atom stereocenters. The maximum atomic E-state index is 11.7. The molecule has 0 aliphatic carbocycles. The van der Waals surface area contributed by atoms with Gasteiger partial charge in [-0.25, -0.2) is 0 Å². The molecule has 0 spiro atoms. The van der Waals surface area contributed by atoms with E-state index in [0.717, 1.165) is 42.3 Å². The van der Waals surface area contributed by atoms with Crippen LogP contribution >= 0.6 is 11.8 Å². The predicted molar refractivity (Wildman–Crippen MR) is 153 cm³/mol. The second-order valence-electron chi connectivity index (χ2n) is 10.5. The number of hydrogen-bond acceptors (Lipinski definition) is 5. The van der Waals surface area contributed by atoms with E-state index in [0.29, 0.717) is 18.6 Å². The molecule has 200 valence electrons. The summed E-state index contributed by atoms with van der Waals surface area (Å²) in [5.41, 5.74) is 1.80. The molecule has 0 fully saturated rings. The molecule has 0 aliphatic heterocycles. The van der Waals surface area contributed by atoms with Gasteiger partial charge in [0, 0.05) is 29.1 Å². The Bertz CT molecular complexity index is 700. The molecule has 0 saturated heterocycles. The van der Waals surface area contributed by atoms with Crippen LogP contribution in [0.4, 0.5) is 0 Å². The number of hydrogen-bond donors (Lipinski definition) is 0. The molecule has 35 heavy (non-hydrogen) atoms. The second kappa shape index (κ2) is 19.0. The van der Waals surface area contributed by atoms with Gasteiger partial charge < -0.3 is 4.79 Å². The van der Waals surface area contributed by atoms with Crippen LogP contribution in [0, 0.1) is 0 Å². The van der Waals surface area contributed by atoms with E-state index >= 15 is 0 Å². The summed E-state index contributed by atoms with van der Waals surface area (Å²) in [5, 5.41) is 0. The number of thioether (sulfide) groups is 1. The Balaban J connectivity index is 2.32. The van der Waals surface area contributed by atoms with Gasteiger partial charge in [-0.05, 0) is 77.9 Å². The fourth-order valence-electron chi connectivity index (χ4n) is 4.80. The fraction of sp³-hybridized carbons (Fsp3) is 0.733. The van der Waals surface area contributed by atoms with Gasteiger partial charge in [-0.3, -0.25) is 14.6 Å². The molecule has 0 saturated carbocycles. The Morgan fingerprint density at radius 2 is 1.49 bits per heavy atom. The zero-order valence-corrected chi connectivity index (χ0v) is 24.2. The van der Waals surface area contributed by atoms with Gasteiger partial charge in [-0.2, -0.15) is 0 Å². The van der Waals surface area contributed by atoms with Crippen LogP contribution in [0.15, 0.2) is 23.1 Å². The highest BCUT2D eigenvalue weighted by Gasteiger charge is 2.17. The monoisotopic (exact) mass is 504 g/mol. The van der Waals surface area contributed by atoms with Crippen LogP contribution < -0.4 is 0 Å². The summed E-state index contributed by atoms with van der Waals surface area (Å²) in [6.07, 6.45) is 14.3. The average molecular weight is 505 g/mol. The molecule has 0 aliphatic rings. The molecule has 1 aromatic rings. The third-order valence-electron chi connectivity index (χ3n) is 6.91. The van der Waals surface area contributed by atoms with E-state index in [1.807, 2.05) is 30.9 Å². The van der Waals surface area contributed by atoms with E-state index in [4.69, 9.17) is 0 Å². The van der Waals surface area contributed by atoms with Gasteiger partial charge in [0.2, 0.25) is 0 Å². The van der Waals surface area contributed by atoms with E-state index in [2.05, 4.69) is 50.5 Å². The smallest absolute Gasteiger partial charge is 0.150 e. The Kier molecular flexibility index (Phi) is 17.3. The number of carbonyl (C=O) groups is 2. The first kappa shape index (κ1) is 31.9. The van der Waals surface area contributed by atoms with E-state index < -0.39 is 0 Å². The summed E-state index contributed by atoms with van der Waals surface area (Å²) < 4.78 is 0. The van der Waals surface area contributed by atoms with Crippen LogP contribution in [0.25, 0.3) is 0 Å². The summed E-state index contributed by atoms with van der Waals surface area (Å²) in [7, 11) is 1.98. The number of carbonyl (C=O) groups excluding carboxylic acids is 2. The summed E-state index contributed by atoms with van der Waals surface area (Å²) >= 11 is 1.85. The standard InChI is InChI=1S/C30H52N2O2S/c1-7-17-28(24-34)31(6)22-29-27(23-33)18-16-19-30(29)35-21-15-13-11-9-8-10-12-14-20-32(25(2)3)26(4)5/h16,18-19,23-26,28H,7-15,17,20-22H2,1-6H3. The van der Waals surface area contributed by atoms with Crippen molar-refractivity contribution >= 4 is 24.3 Å². The van der Waals surface area contributed by atoms with Gasteiger partial charge in [-0.15, -0.1) is 11.8 Å². The summed E-state index contributed by atoms with van der Waals surface area (Å²) in [5.74, 6) is 1.07. The first-order chi connectivity index (χ1) is 16.8. The van der Waals surface area contributed by atoms with Crippen LogP contribution in [0.5, 0.6) is 0 Å². The van der Waals surface area contributed by atoms with Crippen LogP contribution in [0.2, 0.25) is 0 Å². The SMILES string of the molecule is CCCC(C=O)N(C)Cc1c(C=O)cccc1SCCCCCCCCCCN(C(C)C)C(C)C. The molecule has 0 heterocycles. The fourth-order valence-corrected chi connectivity index (χ4v) is 5.90. The molecule has 0 aromatic heterocycles. The molecule has 4 nitrogen and oxygen atoms in total. The van der Waals surface area contributed by atoms with E-state index in [-0.39, 0.29) is 6.04 Å². The number of aldehydes is 2. The van der Waals surface area contributed by atoms with Crippen molar-refractivity contribution in [3.8, 4) is 0 Å². The predicted octanol–water partition coefficient (Wildman–Crippen LogP) is 7.63. The molecule has 1 rings (SSSR count). The van der Waals surface area contributed by atoms with Gasteiger partial charge in [0.05, 0.1) is 6.04 Å². The van der Waals surface area contributed by atoms with Crippen molar-refractivity contribution in [2.75, 3.05) is 19.3 Å². The molecule has 1 unspecified atom stereocenters. The van der Waals surface area contributed by atoms with Gasteiger partial charge in [0.1, 0.15) is 12.6 Å². The second-order valence-corrected chi connectivity index (χ2v) is 11.6. The van der Waals surface area contributed by atoms with Gasteiger partial charge in [0.25, 0.3) is 0 Å². The quantitative estimate of drug-likeness (QED) is 0.0977. The zero-order valence-electron chi connectivity index (χ0n) is 23.4. The highest BCUT2D eigenvalue weighted by Crippen LogP contribution is 2.28. The lowest BCUT2D eigenvalue weighted by Crippen LogP contribution is -2.37. The molecule has 0 amide bonds. The normalized spacial score (nSPS) is 12.7. The zero-order chi connectivity index (χ0) is 26.1. The highest BCUT2D eigenvalue weighted by atomic mass is 32.2. The maximum Gasteiger partial charge on any atom is 0.150 e.